The number of hydrogen-bond acceptors (Lipinski definition) is 7. The summed E-state index contributed by atoms with van der Waals surface area (Å²) in [4.78, 5) is 38.0. The predicted octanol–water partition coefficient (Wildman–Crippen LogP) is 2.33. The van der Waals surface area contributed by atoms with Crippen LogP contribution < -0.4 is 0 Å². The SMILES string of the molecule is CC(=O)O[C@@H]1C=C(C)C[C@@H](B2OC(C)(C)C(C)(C)O2)[C@@H]1C(=O)N1CCOC1=O. The number of carbonyl (C=O) groups is 3. The highest BCUT2D eigenvalue weighted by Crippen LogP contribution is 2.47. The number of cyclic esters (lactones) is 1. The third kappa shape index (κ3) is 3.69. The summed E-state index contributed by atoms with van der Waals surface area (Å²) in [5.41, 5.74) is -0.160. The van der Waals surface area contributed by atoms with Gasteiger partial charge in [0.15, 0.2) is 0 Å². The summed E-state index contributed by atoms with van der Waals surface area (Å²) < 4.78 is 22.8. The summed E-state index contributed by atoms with van der Waals surface area (Å²) in [7, 11) is -0.667. The summed E-state index contributed by atoms with van der Waals surface area (Å²) >= 11 is 0. The van der Waals surface area contributed by atoms with Gasteiger partial charge in [-0.1, -0.05) is 5.57 Å². The van der Waals surface area contributed by atoms with Gasteiger partial charge in [0.05, 0.1) is 23.7 Å². The third-order valence-electron chi connectivity index (χ3n) is 6.06. The molecule has 28 heavy (non-hydrogen) atoms. The van der Waals surface area contributed by atoms with E-state index >= 15 is 0 Å². The Bertz CT molecular complexity index is 701. The first-order valence-corrected chi connectivity index (χ1v) is 9.61. The van der Waals surface area contributed by atoms with Crippen molar-refractivity contribution in [3.8, 4) is 0 Å². The van der Waals surface area contributed by atoms with Gasteiger partial charge in [0.1, 0.15) is 12.7 Å². The Morgan fingerprint density at radius 3 is 2.32 bits per heavy atom. The maximum atomic E-state index is 13.3. The Morgan fingerprint density at radius 2 is 1.82 bits per heavy atom. The molecule has 0 unspecified atom stereocenters. The number of esters is 1. The van der Waals surface area contributed by atoms with Crippen LogP contribution in [0.1, 0.15) is 48.0 Å². The monoisotopic (exact) mass is 393 g/mol. The molecule has 0 saturated carbocycles. The average Bonchev–Trinajstić information content (AvgIpc) is 3.06. The Balaban J connectivity index is 1.96. The minimum atomic E-state index is -0.798. The molecule has 3 atom stereocenters. The minimum absolute atomic E-state index is 0.158. The fourth-order valence-corrected chi connectivity index (χ4v) is 3.92. The first-order valence-electron chi connectivity index (χ1n) is 9.61. The van der Waals surface area contributed by atoms with E-state index in [9.17, 15) is 14.4 Å². The molecule has 3 rings (SSSR count). The summed E-state index contributed by atoms with van der Waals surface area (Å²) in [5.74, 6) is -2.13. The number of allylic oxidation sites excluding steroid dienone is 1. The molecule has 0 aromatic carbocycles. The van der Waals surface area contributed by atoms with Gasteiger partial charge in [-0.2, -0.15) is 0 Å². The van der Waals surface area contributed by atoms with Gasteiger partial charge in [0.25, 0.3) is 0 Å². The molecular formula is C19H28BNO7. The first-order chi connectivity index (χ1) is 12.9. The highest BCUT2D eigenvalue weighted by atomic mass is 16.7. The molecule has 2 fully saturated rings. The average molecular weight is 393 g/mol. The molecule has 0 aromatic heterocycles. The minimum Gasteiger partial charge on any atom is -0.457 e. The van der Waals surface area contributed by atoms with Crippen LogP contribution in [0.5, 0.6) is 0 Å². The summed E-state index contributed by atoms with van der Waals surface area (Å²) in [6.45, 7) is 11.3. The van der Waals surface area contributed by atoms with Gasteiger partial charge < -0.3 is 18.8 Å². The van der Waals surface area contributed by atoms with Crippen LogP contribution in [0.25, 0.3) is 0 Å². The number of ether oxygens (including phenoxy) is 2. The Kier molecular flexibility index (Phi) is 5.35. The van der Waals surface area contributed by atoms with E-state index in [0.29, 0.717) is 6.42 Å². The van der Waals surface area contributed by atoms with E-state index in [1.807, 2.05) is 34.6 Å². The largest absolute Gasteiger partial charge is 0.462 e. The number of imide groups is 1. The Labute approximate surface area is 165 Å². The van der Waals surface area contributed by atoms with Crippen molar-refractivity contribution in [3.05, 3.63) is 11.6 Å². The molecule has 2 heterocycles. The van der Waals surface area contributed by atoms with Crippen LogP contribution in [0.15, 0.2) is 11.6 Å². The van der Waals surface area contributed by atoms with E-state index in [0.717, 1.165) is 10.5 Å². The van der Waals surface area contributed by atoms with E-state index in [-0.39, 0.29) is 13.2 Å². The van der Waals surface area contributed by atoms with Crippen LogP contribution in [0.2, 0.25) is 5.82 Å². The van der Waals surface area contributed by atoms with Crippen LogP contribution in [0.3, 0.4) is 0 Å². The van der Waals surface area contributed by atoms with Crippen molar-refractivity contribution >= 4 is 25.1 Å². The van der Waals surface area contributed by atoms with Gasteiger partial charge >= 0.3 is 19.2 Å². The van der Waals surface area contributed by atoms with Crippen LogP contribution in [-0.4, -0.2) is 60.4 Å². The topological polar surface area (TPSA) is 91.4 Å². The van der Waals surface area contributed by atoms with Gasteiger partial charge in [-0.3, -0.25) is 9.59 Å². The lowest BCUT2D eigenvalue weighted by Gasteiger charge is -2.37. The highest BCUT2D eigenvalue weighted by Gasteiger charge is 2.58. The molecule has 154 valence electrons. The van der Waals surface area contributed by atoms with Crippen molar-refractivity contribution in [2.45, 2.75) is 71.1 Å². The van der Waals surface area contributed by atoms with Gasteiger partial charge in [0.2, 0.25) is 5.91 Å². The molecule has 2 amide bonds. The molecule has 9 heteroatoms. The molecule has 8 nitrogen and oxygen atoms in total. The van der Waals surface area contributed by atoms with Crippen molar-refractivity contribution in [2.75, 3.05) is 13.2 Å². The maximum absolute atomic E-state index is 13.3. The zero-order valence-corrected chi connectivity index (χ0v) is 17.3. The lowest BCUT2D eigenvalue weighted by atomic mass is 9.58. The summed E-state index contributed by atoms with van der Waals surface area (Å²) in [6.07, 6.45) is 0.836. The molecule has 0 spiro atoms. The quantitative estimate of drug-likeness (QED) is 0.413. The fraction of sp³-hybridized carbons (Fsp3) is 0.737. The van der Waals surface area contributed by atoms with E-state index < -0.39 is 54.1 Å². The predicted molar refractivity (Wildman–Crippen MR) is 100 cm³/mol. The van der Waals surface area contributed by atoms with Crippen molar-refractivity contribution in [2.24, 2.45) is 5.92 Å². The summed E-state index contributed by atoms with van der Waals surface area (Å²) in [6, 6.07) is 0. The molecule has 0 aromatic rings. The second-order valence-corrected chi connectivity index (χ2v) is 8.71. The lowest BCUT2D eigenvalue weighted by Crippen LogP contribution is -2.49. The van der Waals surface area contributed by atoms with E-state index in [1.165, 1.54) is 6.92 Å². The first kappa shape index (κ1) is 20.9. The molecule has 3 aliphatic rings. The second-order valence-electron chi connectivity index (χ2n) is 8.71. The van der Waals surface area contributed by atoms with Crippen molar-refractivity contribution in [3.63, 3.8) is 0 Å². The van der Waals surface area contributed by atoms with Crippen molar-refractivity contribution in [1.29, 1.82) is 0 Å². The lowest BCUT2D eigenvalue weighted by molar-refractivity contribution is -0.151. The smallest absolute Gasteiger partial charge is 0.457 e. The number of rotatable bonds is 3. The van der Waals surface area contributed by atoms with Crippen molar-refractivity contribution in [1.82, 2.24) is 4.90 Å². The Morgan fingerprint density at radius 1 is 1.21 bits per heavy atom. The molecule has 2 saturated heterocycles. The highest BCUT2D eigenvalue weighted by molar-refractivity contribution is 6.48. The van der Waals surface area contributed by atoms with Crippen molar-refractivity contribution < 1.29 is 33.2 Å². The molecule has 1 aliphatic carbocycles. The molecule has 0 radical (unpaired) electrons. The summed E-state index contributed by atoms with van der Waals surface area (Å²) in [5, 5.41) is 0. The number of amides is 2. The molecule has 0 N–H and O–H groups in total. The van der Waals surface area contributed by atoms with Crippen LogP contribution in [0.4, 0.5) is 4.79 Å². The van der Waals surface area contributed by atoms with Gasteiger partial charge in [0, 0.05) is 12.7 Å². The number of carbonyl (C=O) groups excluding carboxylic acids is 3. The third-order valence-corrected chi connectivity index (χ3v) is 6.06. The van der Waals surface area contributed by atoms with Gasteiger partial charge in [-0.25, -0.2) is 9.69 Å². The van der Waals surface area contributed by atoms with Crippen LogP contribution >= 0.6 is 0 Å². The fourth-order valence-electron chi connectivity index (χ4n) is 3.92. The molecule has 2 aliphatic heterocycles. The van der Waals surface area contributed by atoms with E-state index in [2.05, 4.69) is 0 Å². The van der Waals surface area contributed by atoms with Gasteiger partial charge in [-0.05, 0) is 47.1 Å². The number of hydrogen-bond donors (Lipinski definition) is 0. The van der Waals surface area contributed by atoms with Gasteiger partial charge in [-0.15, -0.1) is 0 Å². The molecule has 0 bridgehead atoms. The molecular weight excluding hydrogens is 365 g/mol. The second kappa shape index (κ2) is 7.19. The standard InChI is InChI=1S/C19H28BNO7/c1-11-9-13(20-27-18(3,4)19(5,6)28-20)15(14(10-11)26-12(2)22)16(23)21-7-8-25-17(21)24/h10,13-15H,7-9H2,1-6H3/t13-,14-,15+/m1/s1. The zero-order chi connectivity index (χ0) is 20.9. The van der Waals surface area contributed by atoms with Crippen LogP contribution in [-0.2, 0) is 28.4 Å². The van der Waals surface area contributed by atoms with Crippen LogP contribution in [0, 0.1) is 5.92 Å². The van der Waals surface area contributed by atoms with E-state index in [4.69, 9.17) is 18.8 Å². The number of nitrogens with zero attached hydrogens (tertiary/aromatic N) is 1. The van der Waals surface area contributed by atoms with E-state index in [1.54, 1.807) is 6.08 Å². The zero-order valence-electron chi connectivity index (χ0n) is 17.3. The normalized spacial score (nSPS) is 31.4. The Hall–Kier alpha value is -1.87. The maximum Gasteiger partial charge on any atom is 0.462 e.